The number of aromatic carboxylic acids is 1. The molecule has 0 radical (unpaired) electrons. The summed E-state index contributed by atoms with van der Waals surface area (Å²) in [6, 6.07) is 6.80. The molecule has 2 heterocycles. The van der Waals surface area contributed by atoms with Crippen LogP contribution in [0.15, 0.2) is 36.7 Å². The maximum absolute atomic E-state index is 11.0. The molecule has 1 aromatic carbocycles. The van der Waals surface area contributed by atoms with Crippen molar-refractivity contribution >= 4 is 46.6 Å². The molecular formula is C16H16N3NaO3. The normalized spacial score (nSPS) is 10.3. The molecule has 2 aromatic heterocycles. The van der Waals surface area contributed by atoms with Crippen molar-refractivity contribution in [2.75, 3.05) is 7.11 Å². The van der Waals surface area contributed by atoms with Gasteiger partial charge in [-0.15, -0.1) is 0 Å². The van der Waals surface area contributed by atoms with Crippen molar-refractivity contribution in [3.05, 3.63) is 53.6 Å². The molecule has 0 unspecified atom stereocenters. The summed E-state index contributed by atoms with van der Waals surface area (Å²) in [6.07, 6.45) is 3.45. The third kappa shape index (κ3) is 3.39. The molecule has 0 amide bonds. The van der Waals surface area contributed by atoms with Gasteiger partial charge in [0.1, 0.15) is 17.1 Å². The van der Waals surface area contributed by atoms with Crippen LogP contribution in [0.3, 0.4) is 0 Å². The van der Waals surface area contributed by atoms with Gasteiger partial charge in [-0.05, 0) is 25.1 Å². The molecule has 3 aromatic rings. The number of carboxylic acid groups (broad SMARTS) is 1. The Morgan fingerprint density at radius 2 is 2.13 bits per heavy atom. The van der Waals surface area contributed by atoms with Crippen molar-refractivity contribution in [2.45, 2.75) is 13.5 Å². The molecule has 0 atom stereocenters. The number of carbonyl (C=O) groups is 1. The van der Waals surface area contributed by atoms with Crippen LogP contribution in [0.5, 0.6) is 5.75 Å². The van der Waals surface area contributed by atoms with E-state index in [0.717, 1.165) is 22.4 Å². The van der Waals surface area contributed by atoms with Crippen molar-refractivity contribution < 1.29 is 14.6 Å². The molecule has 0 saturated heterocycles. The standard InChI is InChI=1S/C16H15N3O3.Na.H/c1-10-18-13-8-17-6-5-14(13)19(10)9-12-4-3-11(16(20)21)7-15(12)22-2;;/h3-8H,9H2,1-2H3,(H,20,21);;. The summed E-state index contributed by atoms with van der Waals surface area (Å²) in [6.45, 7) is 2.48. The minimum absolute atomic E-state index is 0. The Morgan fingerprint density at radius 3 is 2.83 bits per heavy atom. The fraction of sp³-hybridized carbons (Fsp3) is 0.188. The molecular weight excluding hydrogens is 305 g/mol. The van der Waals surface area contributed by atoms with Gasteiger partial charge >= 0.3 is 35.5 Å². The molecule has 0 aliphatic heterocycles. The van der Waals surface area contributed by atoms with E-state index in [-0.39, 0.29) is 35.1 Å². The molecule has 0 saturated carbocycles. The van der Waals surface area contributed by atoms with Gasteiger partial charge in [0.05, 0.1) is 30.9 Å². The van der Waals surface area contributed by atoms with Crippen molar-refractivity contribution in [1.82, 2.24) is 14.5 Å². The number of pyridine rings is 1. The zero-order valence-corrected chi connectivity index (χ0v) is 12.3. The summed E-state index contributed by atoms with van der Waals surface area (Å²) in [7, 11) is 1.53. The fourth-order valence-electron chi connectivity index (χ4n) is 2.48. The number of aryl methyl sites for hydroxylation is 1. The number of carboxylic acids is 1. The van der Waals surface area contributed by atoms with Crippen molar-refractivity contribution in [1.29, 1.82) is 0 Å². The summed E-state index contributed by atoms with van der Waals surface area (Å²) < 4.78 is 7.38. The molecule has 0 aliphatic rings. The van der Waals surface area contributed by atoms with Crippen LogP contribution < -0.4 is 4.74 Å². The van der Waals surface area contributed by atoms with Crippen LogP contribution in [-0.4, -0.2) is 62.3 Å². The minimum atomic E-state index is -0.972. The van der Waals surface area contributed by atoms with E-state index in [1.807, 2.05) is 13.0 Å². The van der Waals surface area contributed by atoms with Crippen LogP contribution in [0, 0.1) is 6.92 Å². The van der Waals surface area contributed by atoms with Gasteiger partial charge in [0.15, 0.2) is 0 Å². The predicted molar refractivity (Wildman–Crippen MR) is 88.5 cm³/mol. The molecule has 6 nitrogen and oxygen atoms in total. The Bertz CT molecular complexity index is 861. The fourth-order valence-corrected chi connectivity index (χ4v) is 2.48. The predicted octanol–water partition coefficient (Wildman–Crippen LogP) is 1.85. The Labute approximate surface area is 155 Å². The van der Waals surface area contributed by atoms with Crippen molar-refractivity contribution in [3.8, 4) is 5.75 Å². The number of benzene rings is 1. The first-order chi connectivity index (χ1) is 10.6. The van der Waals surface area contributed by atoms with Gasteiger partial charge in [0.25, 0.3) is 0 Å². The van der Waals surface area contributed by atoms with Crippen LogP contribution in [0.25, 0.3) is 11.0 Å². The average molecular weight is 321 g/mol. The first kappa shape index (κ1) is 17.5. The summed E-state index contributed by atoms with van der Waals surface area (Å²) in [5.41, 5.74) is 2.92. The molecule has 0 bridgehead atoms. The van der Waals surface area contributed by atoms with Crippen LogP contribution in [0.1, 0.15) is 21.7 Å². The number of hydrogen-bond donors (Lipinski definition) is 1. The molecule has 0 fully saturated rings. The van der Waals surface area contributed by atoms with Gasteiger partial charge in [0.2, 0.25) is 0 Å². The van der Waals surface area contributed by atoms with Gasteiger partial charge in [-0.2, -0.15) is 0 Å². The first-order valence-electron chi connectivity index (χ1n) is 6.77. The number of aromatic nitrogens is 3. The van der Waals surface area contributed by atoms with Crippen molar-refractivity contribution in [2.24, 2.45) is 0 Å². The van der Waals surface area contributed by atoms with Gasteiger partial charge in [0, 0.05) is 11.8 Å². The quantitative estimate of drug-likeness (QED) is 0.742. The van der Waals surface area contributed by atoms with Crippen molar-refractivity contribution in [3.63, 3.8) is 0 Å². The number of nitrogens with zero attached hydrogens (tertiary/aromatic N) is 3. The Hall–Kier alpha value is -1.89. The van der Waals surface area contributed by atoms with Crippen LogP contribution >= 0.6 is 0 Å². The second kappa shape index (κ2) is 7.12. The zero-order chi connectivity index (χ0) is 15.7. The summed E-state index contributed by atoms with van der Waals surface area (Å²) in [5.74, 6) is 0.447. The summed E-state index contributed by atoms with van der Waals surface area (Å²) in [4.78, 5) is 19.6. The number of imidazole rings is 1. The third-order valence-electron chi connectivity index (χ3n) is 3.60. The maximum atomic E-state index is 11.0. The molecule has 0 spiro atoms. The van der Waals surface area contributed by atoms with E-state index in [9.17, 15) is 4.79 Å². The average Bonchev–Trinajstić information content (AvgIpc) is 2.83. The monoisotopic (exact) mass is 321 g/mol. The molecule has 114 valence electrons. The van der Waals surface area contributed by atoms with E-state index in [2.05, 4.69) is 14.5 Å². The van der Waals surface area contributed by atoms with E-state index in [1.54, 1.807) is 24.5 Å². The zero-order valence-electron chi connectivity index (χ0n) is 12.3. The number of rotatable bonds is 4. The Balaban J connectivity index is 0.00000192. The van der Waals surface area contributed by atoms with Crippen LogP contribution in [0.4, 0.5) is 0 Å². The molecule has 1 N–H and O–H groups in total. The third-order valence-corrected chi connectivity index (χ3v) is 3.60. The van der Waals surface area contributed by atoms with E-state index < -0.39 is 5.97 Å². The second-order valence-electron chi connectivity index (χ2n) is 4.94. The summed E-state index contributed by atoms with van der Waals surface area (Å²) >= 11 is 0. The Kier molecular flexibility index (Phi) is 5.41. The van der Waals surface area contributed by atoms with E-state index in [0.29, 0.717) is 12.3 Å². The second-order valence-corrected chi connectivity index (χ2v) is 4.94. The van der Waals surface area contributed by atoms with E-state index in [1.165, 1.54) is 13.2 Å². The van der Waals surface area contributed by atoms with E-state index in [4.69, 9.17) is 9.84 Å². The number of fused-ring (bicyclic) bond motifs is 1. The molecule has 3 rings (SSSR count). The van der Waals surface area contributed by atoms with Crippen LogP contribution in [-0.2, 0) is 6.54 Å². The molecule has 7 heteroatoms. The van der Waals surface area contributed by atoms with Gasteiger partial charge in [-0.3, -0.25) is 4.98 Å². The molecule has 0 aliphatic carbocycles. The Morgan fingerprint density at radius 1 is 1.35 bits per heavy atom. The topological polar surface area (TPSA) is 77.2 Å². The number of ether oxygens (including phenoxy) is 1. The summed E-state index contributed by atoms with van der Waals surface area (Å²) in [5, 5.41) is 9.06. The van der Waals surface area contributed by atoms with Gasteiger partial charge in [-0.1, -0.05) is 6.07 Å². The SMILES string of the molecule is COc1cc(C(=O)O)ccc1Cn1c(C)nc2cnccc21.[NaH]. The molecule has 23 heavy (non-hydrogen) atoms. The van der Waals surface area contributed by atoms with Crippen LogP contribution in [0.2, 0.25) is 0 Å². The number of methoxy groups -OCH3 is 1. The number of hydrogen-bond acceptors (Lipinski definition) is 4. The van der Waals surface area contributed by atoms with Gasteiger partial charge < -0.3 is 14.4 Å². The first-order valence-corrected chi connectivity index (χ1v) is 6.77. The van der Waals surface area contributed by atoms with E-state index >= 15 is 0 Å². The van der Waals surface area contributed by atoms with Gasteiger partial charge in [-0.25, -0.2) is 9.78 Å².